The number of phenolic OH excluding ortho intramolecular Hbond substituents is 1. The predicted octanol–water partition coefficient (Wildman–Crippen LogP) is 2.33. The molecule has 0 aliphatic heterocycles. The number of benzene rings is 2. The second-order valence-corrected chi connectivity index (χ2v) is 3.53. The van der Waals surface area contributed by atoms with Gasteiger partial charge in [0.1, 0.15) is 11.7 Å². The number of aromatic hydroxyl groups is 1. The fourth-order valence-electron chi connectivity index (χ4n) is 1.35. The highest BCUT2D eigenvalue weighted by atomic mass is 19.4. The lowest BCUT2D eigenvalue weighted by Gasteiger charge is -2.03. The van der Waals surface area contributed by atoms with Gasteiger partial charge in [-0.1, -0.05) is 18.2 Å². The maximum atomic E-state index is 10.5. The molecule has 0 aliphatic carbocycles. The highest BCUT2D eigenvalue weighted by Gasteiger charge is 2.28. The number of phenols is 1. The first kappa shape index (κ1) is 15.2. The van der Waals surface area contributed by atoms with Crippen LogP contribution < -0.4 is 5.11 Å². The molecule has 1 N–H and O–H groups in total. The average Bonchev–Trinajstić information content (AvgIpc) is 2.39. The fourth-order valence-corrected chi connectivity index (χ4v) is 1.35. The number of nitrogens with zero attached hydrogens (tertiary/aromatic N) is 2. The Morgan fingerprint density at radius 1 is 1.15 bits per heavy atom. The van der Waals surface area contributed by atoms with Gasteiger partial charge in [-0.05, 0) is 12.1 Å². The second kappa shape index (κ2) is 5.88. The van der Waals surface area contributed by atoms with Gasteiger partial charge < -0.3 is 15.0 Å². The molecule has 2 aromatic rings. The van der Waals surface area contributed by atoms with Crippen molar-refractivity contribution < 1.29 is 28.2 Å². The van der Waals surface area contributed by atoms with Gasteiger partial charge in [-0.15, -0.1) is 0 Å². The number of halogens is 3. The summed E-state index contributed by atoms with van der Waals surface area (Å²) >= 11 is 0. The Balaban J connectivity index is 0.000000246. The molecular formula is C12H7F3N2O3. The highest BCUT2D eigenvalue weighted by Crippen LogP contribution is 2.31. The molecule has 0 atom stereocenters. The monoisotopic (exact) mass is 284 g/mol. The second-order valence-electron chi connectivity index (χ2n) is 3.53. The molecule has 2 rings (SSSR count). The largest absolute Gasteiger partial charge is 0.542 e. The normalized spacial score (nSPS) is 10.3. The minimum atomic E-state index is -5.19. The summed E-state index contributed by atoms with van der Waals surface area (Å²) in [6.07, 6.45) is -5.19. The number of diazo groups is 1. The van der Waals surface area contributed by atoms with E-state index in [0.717, 1.165) is 5.39 Å². The average molecular weight is 284 g/mol. The summed E-state index contributed by atoms with van der Waals surface area (Å²) in [4.78, 5) is 11.9. The topological polar surface area (TPSA) is 88.5 Å². The maximum Gasteiger partial charge on any atom is 0.430 e. The zero-order valence-electron chi connectivity index (χ0n) is 9.76. The van der Waals surface area contributed by atoms with E-state index in [1.165, 1.54) is 6.07 Å². The van der Waals surface area contributed by atoms with E-state index in [1.54, 1.807) is 18.2 Å². The Labute approximate surface area is 110 Å². The molecule has 0 saturated heterocycles. The molecule has 8 heteroatoms. The molecule has 0 aliphatic rings. The van der Waals surface area contributed by atoms with Crippen molar-refractivity contribution >= 4 is 22.4 Å². The molecule has 0 bridgehead atoms. The first-order valence-electron chi connectivity index (χ1n) is 5.11. The van der Waals surface area contributed by atoms with Crippen molar-refractivity contribution in [3.63, 3.8) is 0 Å². The van der Waals surface area contributed by atoms with E-state index in [2.05, 4.69) is 4.98 Å². The summed E-state index contributed by atoms with van der Waals surface area (Å²) in [7, 11) is 0. The van der Waals surface area contributed by atoms with Crippen molar-refractivity contribution in [2.45, 2.75) is 6.18 Å². The molecule has 2 aromatic carbocycles. The van der Waals surface area contributed by atoms with Gasteiger partial charge >= 0.3 is 11.9 Å². The lowest BCUT2D eigenvalue weighted by molar-refractivity contribution is -0.344. The van der Waals surface area contributed by atoms with Crippen LogP contribution in [-0.2, 0) is 4.79 Å². The third-order valence-electron chi connectivity index (χ3n) is 2.22. The molecule has 5 nitrogen and oxygen atoms in total. The Morgan fingerprint density at radius 3 is 2.10 bits per heavy atom. The number of fused-ring (bicyclic) bond motifs is 1. The number of aliphatic carboxylic acids is 1. The van der Waals surface area contributed by atoms with Crippen LogP contribution in [0.3, 0.4) is 0 Å². The predicted molar refractivity (Wildman–Crippen MR) is 61.4 cm³/mol. The van der Waals surface area contributed by atoms with Crippen LogP contribution in [0.2, 0.25) is 0 Å². The van der Waals surface area contributed by atoms with Crippen LogP contribution in [0.4, 0.5) is 18.9 Å². The Kier molecular flexibility index (Phi) is 4.48. The van der Waals surface area contributed by atoms with Crippen molar-refractivity contribution in [2.24, 2.45) is 0 Å². The van der Waals surface area contributed by atoms with Crippen LogP contribution in [-0.4, -0.2) is 17.3 Å². The Bertz CT molecular complexity index is 678. The summed E-state index contributed by atoms with van der Waals surface area (Å²) in [6.45, 7) is 0. The van der Waals surface area contributed by atoms with Gasteiger partial charge in [0.2, 0.25) is 5.39 Å². The minimum absolute atomic E-state index is 0.197. The Morgan fingerprint density at radius 2 is 1.65 bits per heavy atom. The highest BCUT2D eigenvalue weighted by molar-refractivity contribution is 5.97. The van der Waals surface area contributed by atoms with Crippen molar-refractivity contribution in [3.8, 4) is 5.75 Å². The third kappa shape index (κ3) is 3.58. The molecule has 0 heterocycles. The van der Waals surface area contributed by atoms with Crippen molar-refractivity contribution in [2.75, 3.05) is 0 Å². The SMILES string of the molecule is N#[N+]c1ccc(O)c2ccccc12.O=C([O-])C(F)(F)F. The van der Waals surface area contributed by atoms with Gasteiger partial charge in [-0.2, -0.15) is 13.2 Å². The maximum absolute atomic E-state index is 10.5. The molecule has 104 valence electrons. The van der Waals surface area contributed by atoms with E-state index in [1.807, 2.05) is 12.1 Å². The van der Waals surface area contributed by atoms with Crippen LogP contribution in [0, 0.1) is 5.39 Å². The van der Waals surface area contributed by atoms with Gasteiger partial charge in [0, 0.05) is 11.5 Å². The number of alkyl halides is 3. The standard InChI is InChI=1S/C10H6N2O.C2HF3O2/c11-12-9-5-6-10(13)8-4-2-1-3-7(8)9;3-2(4,5)1(6)7/h1-6H;(H,6,7). The smallest absolute Gasteiger partial charge is 0.430 e. The third-order valence-corrected chi connectivity index (χ3v) is 2.22. The van der Waals surface area contributed by atoms with Gasteiger partial charge in [0.25, 0.3) is 0 Å². The lowest BCUT2D eigenvalue weighted by atomic mass is 10.1. The van der Waals surface area contributed by atoms with Crippen LogP contribution in [0.15, 0.2) is 36.4 Å². The van der Waals surface area contributed by atoms with Gasteiger partial charge in [0.05, 0.1) is 5.39 Å². The summed E-state index contributed by atoms with van der Waals surface area (Å²) in [6, 6.07) is 10.3. The molecule has 0 aromatic heterocycles. The van der Waals surface area contributed by atoms with E-state index in [4.69, 9.17) is 15.3 Å². The first-order chi connectivity index (χ1) is 9.27. The molecule has 0 fully saturated rings. The summed E-state index contributed by atoms with van der Waals surface area (Å²) in [5.41, 5.74) is 0.466. The quantitative estimate of drug-likeness (QED) is 0.752. The zero-order chi connectivity index (χ0) is 15.3. The van der Waals surface area contributed by atoms with Crippen molar-refractivity contribution in [1.29, 1.82) is 5.39 Å². The number of carbonyl (C=O) groups excluding carboxylic acids is 1. The van der Waals surface area contributed by atoms with Crippen LogP contribution in [0.1, 0.15) is 0 Å². The molecule has 0 saturated carbocycles. The number of carbonyl (C=O) groups is 1. The molecular weight excluding hydrogens is 277 g/mol. The first-order valence-corrected chi connectivity index (χ1v) is 5.11. The van der Waals surface area contributed by atoms with E-state index >= 15 is 0 Å². The molecule has 20 heavy (non-hydrogen) atoms. The summed E-state index contributed by atoms with van der Waals surface area (Å²) in [5, 5.41) is 28.4. The van der Waals surface area contributed by atoms with E-state index in [9.17, 15) is 18.3 Å². The molecule has 0 radical (unpaired) electrons. The van der Waals surface area contributed by atoms with Gasteiger partial charge in [-0.25, -0.2) is 0 Å². The summed E-state index contributed by atoms with van der Waals surface area (Å²) < 4.78 is 31.5. The minimum Gasteiger partial charge on any atom is -0.542 e. The molecule has 0 spiro atoms. The number of carboxylic acids is 1. The Hall–Kier alpha value is -2.82. The number of hydrogen-bond acceptors (Lipinski definition) is 4. The van der Waals surface area contributed by atoms with Crippen molar-refractivity contribution in [1.82, 2.24) is 0 Å². The summed E-state index contributed by atoms with van der Waals surface area (Å²) in [5.74, 6) is -2.81. The lowest BCUT2D eigenvalue weighted by Crippen LogP contribution is -2.37. The van der Waals surface area contributed by atoms with Crippen LogP contribution in [0.25, 0.3) is 15.7 Å². The van der Waals surface area contributed by atoms with Gasteiger partial charge in [0.15, 0.2) is 4.98 Å². The fraction of sp³-hybridized carbons (Fsp3) is 0.0833. The van der Waals surface area contributed by atoms with E-state index < -0.39 is 12.1 Å². The zero-order valence-corrected chi connectivity index (χ0v) is 9.76. The van der Waals surface area contributed by atoms with Gasteiger partial charge in [-0.3, -0.25) is 0 Å². The molecule has 0 amide bonds. The van der Waals surface area contributed by atoms with Crippen LogP contribution >= 0.6 is 0 Å². The van der Waals surface area contributed by atoms with Crippen LogP contribution in [0.5, 0.6) is 5.75 Å². The number of hydrogen-bond donors (Lipinski definition) is 1. The number of carboxylic acid groups (broad SMARTS) is 1. The number of rotatable bonds is 0. The van der Waals surface area contributed by atoms with E-state index in [-0.39, 0.29) is 5.75 Å². The van der Waals surface area contributed by atoms with E-state index in [0.29, 0.717) is 11.1 Å². The molecule has 0 unspecified atom stereocenters. The van der Waals surface area contributed by atoms with Crippen molar-refractivity contribution in [3.05, 3.63) is 41.4 Å².